The van der Waals surface area contributed by atoms with Crippen molar-refractivity contribution in [2.24, 2.45) is 0 Å². The highest BCUT2D eigenvalue weighted by molar-refractivity contribution is 5.92. The molecule has 0 aliphatic rings. The number of halogens is 1. The summed E-state index contributed by atoms with van der Waals surface area (Å²) in [6.07, 6.45) is 0. The van der Waals surface area contributed by atoms with E-state index in [-0.39, 0.29) is 11.6 Å². The zero-order valence-corrected chi connectivity index (χ0v) is 16.6. The Kier molecular flexibility index (Phi) is 5.98. The molecule has 4 rings (SSSR count). The first kappa shape index (κ1) is 20.2. The first-order chi connectivity index (χ1) is 15.1. The van der Waals surface area contributed by atoms with Gasteiger partial charge in [-0.15, -0.1) is 0 Å². The highest BCUT2D eigenvalue weighted by Crippen LogP contribution is 2.23. The monoisotopic (exact) mass is 413 g/mol. The Morgan fingerprint density at radius 3 is 2.00 bits per heavy atom. The molecular formula is C25H20FN3O2. The van der Waals surface area contributed by atoms with Crippen LogP contribution in [0.15, 0.2) is 102 Å². The predicted octanol–water partition coefficient (Wildman–Crippen LogP) is 3.93. The van der Waals surface area contributed by atoms with Gasteiger partial charge in [0.05, 0.1) is 5.69 Å². The maximum atomic E-state index is 13.2. The van der Waals surface area contributed by atoms with Crippen LogP contribution in [0.2, 0.25) is 0 Å². The number of benzene rings is 3. The summed E-state index contributed by atoms with van der Waals surface area (Å²) in [6.45, 7) is 0.365. The number of nitrogens with zero attached hydrogens (tertiary/aromatic N) is 2. The lowest BCUT2D eigenvalue weighted by Crippen LogP contribution is -2.32. The van der Waals surface area contributed by atoms with Crippen LogP contribution in [0.4, 0.5) is 4.39 Å². The van der Waals surface area contributed by atoms with Crippen LogP contribution < -0.4 is 10.9 Å². The fourth-order valence-electron chi connectivity index (χ4n) is 3.38. The minimum Gasteiger partial charge on any atom is -0.350 e. The predicted molar refractivity (Wildman–Crippen MR) is 117 cm³/mol. The number of hydrogen-bond acceptors (Lipinski definition) is 3. The third-order valence-electron chi connectivity index (χ3n) is 4.97. The molecule has 31 heavy (non-hydrogen) atoms. The molecule has 0 saturated heterocycles. The number of carbonyl (C=O) groups is 1. The molecule has 1 aromatic heterocycles. The molecule has 3 aromatic carbocycles. The summed E-state index contributed by atoms with van der Waals surface area (Å²) < 4.78 is 14.3. The van der Waals surface area contributed by atoms with Gasteiger partial charge < -0.3 is 5.32 Å². The van der Waals surface area contributed by atoms with E-state index in [0.717, 1.165) is 15.8 Å². The molecule has 0 fully saturated rings. The zero-order chi connectivity index (χ0) is 21.6. The molecule has 0 radical (unpaired) electrons. The maximum absolute atomic E-state index is 13.2. The Hall–Kier alpha value is -4.06. The molecule has 0 spiro atoms. The van der Waals surface area contributed by atoms with E-state index in [4.69, 9.17) is 0 Å². The van der Waals surface area contributed by atoms with E-state index in [1.807, 2.05) is 60.7 Å². The minimum atomic E-state index is -0.418. The lowest BCUT2D eigenvalue weighted by molar-refractivity contribution is 0.0945. The fourth-order valence-corrected chi connectivity index (χ4v) is 3.38. The molecular weight excluding hydrogens is 393 g/mol. The van der Waals surface area contributed by atoms with Gasteiger partial charge in [-0.05, 0) is 41.5 Å². The van der Waals surface area contributed by atoms with Gasteiger partial charge in [-0.3, -0.25) is 9.59 Å². The average Bonchev–Trinajstić information content (AvgIpc) is 2.81. The molecule has 0 bridgehead atoms. The second kappa shape index (κ2) is 9.17. The first-order valence-corrected chi connectivity index (χ1v) is 9.86. The summed E-state index contributed by atoms with van der Waals surface area (Å²) in [6, 6.07) is 27.9. The Morgan fingerprint density at radius 2 is 1.42 bits per heavy atom. The van der Waals surface area contributed by atoms with Gasteiger partial charge in [0.1, 0.15) is 11.5 Å². The van der Waals surface area contributed by atoms with Gasteiger partial charge in [-0.25, -0.2) is 4.39 Å². The van der Waals surface area contributed by atoms with Crippen molar-refractivity contribution < 1.29 is 9.18 Å². The normalized spacial score (nSPS) is 10.8. The van der Waals surface area contributed by atoms with E-state index >= 15 is 0 Å². The molecule has 6 heteroatoms. The highest BCUT2D eigenvalue weighted by Gasteiger charge is 2.17. The summed E-state index contributed by atoms with van der Waals surface area (Å²) in [5.74, 6) is -0.847. The van der Waals surface area contributed by atoms with Crippen LogP contribution in [-0.4, -0.2) is 22.2 Å². The third-order valence-corrected chi connectivity index (χ3v) is 4.97. The maximum Gasteiger partial charge on any atom is 0.271 e. The minimum absolute atomic E-state index is 0.0330. The van der Waals surface area contributed by atoms with E-state index in [2.05, 4.69) is 10.4 Å². The SMILES string of the molecule is O=C(NCC(c1ccccc1)c1ccccc1)c1ccc(=O)n(-c2ccc(F)cc2)n1. The third kappa shape index (κ3) is 4.75. The van der Waals surface area contributed by atoms with E-state index < -0.39 is 17.3 Å². The number of nitrogens with one attached hydrogen (secondary N) is 1. The van der Waals surface area contributed by atoms with Crippen molar-refractivity contribution in [3.05, 3.63) is 130 Å². The van der Waals surface area contributed by atoms with Crippen LogP contribution in [0.5, 0.6) is 0 Å². The number of rotatable bonds is 6. The largest absolute Gasteiger partial charge is 0.350 e. The molecule has 0 aliphatic carbocycles. The smallest absolute Gasteiger partial charge is 0.271 e. The van der Waals surface area contributed by atoms with Crippen molar-refractivity contribution in [2.75, 3.05) is 6.54 Å². The van der Waals surface area contributed by atoms with Crippen molar-refractivity contribution in [3.8, 4) is 5.69 Å². The Bertz CT molecular complexity index is 1180. The number of carbonyl (C=O) groups excluding carboxylic acids is 1. The summed E-state index contributed by atoms with van der Waals surface area (Å²) in [5, 5.41) is 7.09. The molecule has 0 aliphatic heterocycles. The van der Waals surface area contributed by atoms with E-state index in [0.29, 0.717) is 12.2 Å². The topological polar surface area (TPSA) is 64.0 Å². The lowest BCUT2D eigenvalue weighted by atomic mass is 9.91. The molecule has 0 atom stereocenters. The van der Waals surface area contributed by atoms with Crippen molar-refractivity contribution in [3.63, 3.8) is 0 Å². The van der Waals surface area contributed by atoms with Gasteiger partial charge >= 0.3 is 0 Å². The standard InChI is InChI=1S/C25H20FN3O2/c26-20-11-13-21(14-12-20)29-24(30)16-15-23(28-29)25(31)27-17-22(18-7-3-1-4-8-18)19-9-5-2-6-10-19/h1-16,22H,17H2,(H,27,31). The Labute approximate surface area is 178 Å². The van der Waals surface area contributed by atoms with Crippen LogP contribution in [0.1, 0.15) is 27.5 Å². The summed E-state index contributed by atoms with van der Waals surface area (Å²) in [7, 11) is 0. The zero-order valence-electron chi connectivity index (χ0n) is 16.6. The summed E-state index contributed by atoms with van der Waals surface area (Å²) >= 11 is 0. The molecule has 154 valence electrons. The summed E-state index contributed by atoms with van der Waals surface area (Å²) in [4.78, 5) is 25.0. The van der Waals surface area contributed by atoms with Crippen molar-refractivity contribution >= 4 is 5.91 Å². The number of aromatic nitrogens is 2. The second-order valence-electron chi connectivity index (χ2n) is 7.03. The Morgan fingerprint density at radius 1 is 0.839 bits per heavy atom. The summed E-state index contributed by atoms with van der Waals surface area (Å²) in [5.41, 5.74) is 2.24. The average molecular weight is 413 g/mol. The van der Waals surface area contributed by atoms with Gasteiger partial charge in [0.2, 0.25) is 0 Å². The molecule has 1 N–H and O–H groups in total. The van der Waals surface area contributed by atoms with Gasteiger partial charge in [0, 0.05) is 18.5 Å². The van der Waals surface area contributed by atoms with Crippen LogP contribution in [-0.2, 0) is 0 Å². The Balaban J connectivity index is 1.57. The van der Waals surface area contributed by atoms with Crippen LogP contribution >= 0.6 is 0 Å². The molecule has 1 amide bonds. The van der Waals surface area contributed by atoms with Crippen molar-refractivity contribution in [1.29, 1.82) is 0 Å². The van der Waals surface area contributed by atoms with Gasteiger partial charge in [-0.2, -0.15) is 9.78 Å². The second-order valence-corrected chi connectivity index (χ2v) is 7.03. The van der Waals surface area contributed by atoms with E-state index in [1.54, 1.807) is 0 Å². The van der Waals surface area contributed by atoms with Gasteiger partial charge in [0.25, 0.3) is 11.5 Å². The van der Waals surface area contributed by atoms with Crippen LogP contribution in [0.3, 0.4) is 0 Å². The first-order valence-electron chi connectivity index (χ1n) is 9.86. The quantitative estimate of drug-likeness (QED) is 0.521. The van der Waals surface area contributed by atoms with Gasteiger partial charge in [-0.1, -0.05) is 60.7 Å². The molecule has 0 unspecified atom stereocenters. The molecule has 0 saturated carbocycles. The van der Waals surface area contributed by atoms with E-state index in [9.17, 15) is 14.0 Å². The molecule has 4 aromatic rings. The van der Waals surface area contributed by atoms with Crippen LogP contribution in [0, 0.1) is 5.82 Å². The van der Waals surface area contributed by atoms with Crippen molar-refractivity contribution in [1.82, 2.24) is 15.1 Å². The van der Waals surface area contributed by atoms with Crippen LogP contribution in [0.25, 0.3) is 5.69 Å². The number of amides is 1. The van der Waals surface area contributed by atoms with Crippen molar-refractivity contribution in [2.45, 2.75) is 5.92 Å². The molecule has 5 nitrogen and oxygen atoms in total. The molecule has 1 heterocycles. The lowest BCUT2D eigenvalue weighted by Gasteiger charge is -2.19. The number of hydrogen-bond donors (Lipinski definition) is 1. The highest BCUT2D eigenvalue weighted by atomic mass is 19.1. The fraction of sp³-hybridized carbons (Fsp3) is 0.0800. The van der Waals surface area contributed by atoms with E-state index in [1.165, 1.54) is 36.4 Å². The van der Waals surface area contributed by atoms with Gasteiger partial charge in [0.15, 0.2) is 0 Å².